The molecular formula is C26H43N3O7. The number of hydrogen-bond donors (Lipinski definition) is 1. The van der Waals surface area contributed by atoms with Crippen LogP contribution in [0.3, 0.4) is 0 Å². The molecule has 0 aromatic heterocycles. The third kappa shape index (κ3) is 7.94. The van der Waals surface area contributed by atoms with Gasteiger partial charge in [0.1, 0.15) is 0 Å². The lowest BCUT2D eigenvalue weighted by Crippen LogP contribution is -2.54. The molecule has 1 amide bonds. The van der Waals surface area contributed by atoms with E-state index in [0.717, 1.165) is 32.7 Å². The van der Waals surface area contributed by atoms with E-state index in [1.165, 1.54) is 0 Å². The molecule has 0 spiro atoms. The molecule has 2 heterocycles. The molecule has 10 nitrogen and oxygen atoms in total. The zero-order valence-electron chi connectivity index (χ0n) is 22.4. The van der Waals surface area contributed by atoms with Crippen molar-refractivity contribution in [3.8, 4) is 17.2 Å². The molecule has 204 valence electrons. The van der Waals surface area contributed by atoms with Crippen molar-refractivity contribution in [3.05, 3.63) is 17.7 Å². The minimum absolute atomic E-state index is 0.0531. The SMILES string of the molecule is COc1cc(C(=O)N2CCN(CC3CN(CC(O)COCC(C)C)CCO3)CC2)cc(OC)c1OC. The molecule has 0 bridgehead atoms. The first-order valence-corrected chi connectivity index (χ1v) is 12.8. The Labute approximate surface area is 215 Å². The van der Waals surface area contributed by atoms with Crippen molar-refractivity contribution in [2.45, 2.75) is 26.1 Å². The Bertz CT molecular complexity index is 805. The van der Waals surface area contributed by atoms with Crippen LogP contribution in [0.1, 0.15) is 24.2 Å². The predicted molar refractivity (Wildman–Crippen MR) is 136 cm³/mol. The highest BCUT2D eigenvalue weighted by molar-refractivity contribution is 5.95. The number of morpholine rings is 1. The van der Waals surface area contributed by atoms with Crippen LogP contribution in [0, 0.1) is 5.92 Å². The molecule has 2 unspecified atom stereocenters. The number of methoxy groups -OCH3 is 3. The maximum atomic E-state index is 13.2. The Morgan fingerprint density at radius 2 is 1.67 bits per heavy atom. The molecule has 1 N–H and O–H groups in total. The second-order valence-electron chi connectivity index (χ2n) is 9.84. The summed E-state index contributed by atoms with van der Waals surface area (Å²) in [6, 6.07) is 3.39. The standard InChI is InChI=1S/C26H43N3O7/c1-19(2)17-35-18-21(30)14-28-10-11-36-22(16-28)15-27-6-8-29(9-7-27)26(31)20-12-23(32-3)25(34-5)24(13-20)33-4/h12-13,19,21-22,30H,6-11,14-18H2,1-5H3. The van der Waals surface area contributed by atoms with Crippen LogP contribution in [0.5, 0.6) is 17.2 Å². The Balaban J connectivity index is 1.46. The average Bonchev–Trinajstić information content (AvgIpc) is 2.87. The van der Waals surface area contributed by atoms with Gasteiger partial charge in [-0.15, -0.1) is 0 Å². The quantitative estimate of drug-likeness (QED) is 0.446. The highest BCUT2D eigenvalue weighted by atomic mass is 16.5. The Morgan fingerprint density at radius 1 is 1.00 bits per heavy atom. The number of amides is 1. The van der Waals surface area contributed by atoms with Crippen molar-refractivity contribution in [3.63, 3.8) is 0 Å². The Hall–Kier alpha value is -2.11. The van der Waals surface area contributed by atoms with E-state index >= 15 is 0 Å². The van der Waals surface area contributed by atoms with Gasteiger partial charge in [-0.2, -0.15) is 0 Å². The van der Waals surface area contributed by atoms with Crippen LogP contribution >= 0.6 is 0 Å². The van der Waals surface area contributed by atoms with Crippen LogP contribution in [-0.2, 0) is 9.47 Å². The molecule has 0 saturated carbocycles. The fraction of sp³-hybridized carbons (Fsp3) is 0.731. The summed E-state index contributed by atoms with van der Waals surface area (Å²) < 4.78 is 27.7. The lowest BCUT2D eigenvalue weighted by Gasteiger charge is -2.39. The van der Waals surface area contributed by atoms with Crippen molar-refractivity contribution in [1.29, 1.82) is 0 Å². The predicted octanol–water partition coefficient (Wildman–Crippen LogP) is 1.20. The number of carbonyl (C=O) groups excluding carboxylic acids is 1. The average molecular weight is 510 g/mol. The first-order chi connectivity index (χ1) is 17.3. The van der Waals surface area contributed by atoms with Crippen molar-refractivity contribution in [2.24, 2.45) is 5.92 Å². The van der Waals surface area contributed by atoms with Gasteiger partial charge in [0, 0.05) is 64.5 Å². The molecular weight excluding hydrogens is 466 g/mol. The molecule has 36 heavy (non-hydrogen) atoms. The third-order valence-corrected chi connectivity index (χ3v) is 6.49. The molecule has 3 rings (SSSR count). The zero-order chi connectivity index (χ0) is 26.1. The number of carbonyl (C=O) groups is 1. The summed E-state index contributed by atoms with van der Waals surface area (Å²) in [4.78, 5) is 19.6. The first-order valence-electron chi connectivity index (χ1n) is 12.8. The Morgan fingerprint density at radius 3 is 2.25 bits per heavy atom. The molecule has 2 atom stereocenters. The normalized spacial score (nSPS) is 20.4. The summed E-state index contributed by atoms with van der Waals surface area (Å²) in [7, 11) is 4.63. The largest absolute Gasteiger partial charge is 0.493 e. The number of benzene rings is 1. The lowest BCUT2D eigenvalue weighted by atomic mass is 10.1. The van der Waals surface area contributed by atoms with E-state index in [-0.39, 0.29) is 12.0 Å². The maximum Gasteiger partial charge on any atom is 0.254 e. The number of piperazine rings is 1. The zero-order valence-corrected chi connectivity index (χ0v) is 22.4. The van der Waals surface area contributed by atoms with Gasteiger partial charge in [0.05, 0.1) is 46.8 Å². The highest BCUT2D eigenvalue weighted by Gasteiger charge is 2.28. The van der Waals surface area contributed by atoms with E-state index in [1.807, 2.05) is 4.90 Å². The van der Waals surface area contributed by atoms with E-state index < -0.39 is 6.10 Å². The van der Waals surface area contributed by atoms with Gasteiger partial charge < -0.3 is 33.7 Å². The molecule has 1 aromatic carbocycles. The van der Waals surface area contributed by atoms with E-state index in [1.54, 1.807) is 33.5 Å². The number of ether oxygens (including phenoxy) is 5. The van der Waals surface area contributed by atoms with Crippen LogP contribution in [0.25, 0.3) is 0 Å². The fourth-order valence-electron chi connectivity index (χ4n) is 4.66. The Kier molecular flexibility index (Phi) is 11.1. The van der Waals surface area contributed by atoms with Gasteiger partial charge >= 0.3 is 0 Å². The molecule has 0 aliphatic carbocycles. The number of nitrogens with zero attached hydrogens (tertiary/aromatic N) is 3. The van der Waals surface area contributed by atoms with E-state index in [9.17, 15) is 9.90 Å². The molecule has 10 heteroatoms. The van der Waals surface area contributed by atoms with Crippen LogP contribution in [0.2, 0.25) is 0 Å². The van der Waals surface area contributed by atoms with Gasteiger partial charge in [0.25, 0.3) is 5.91 Å². The van der Waals surface area contributed by atoms with Gasteiger partial charge in [-0.3, -0.25) is 14.6 Å². The van der Waals surface area contributed by atoms with Crippen LogP contribution in [-0.4, -0.2) is 131 Å². The minimum Gasteiger partial charge on any atom is -0.493 e. The molecule has 2 fully saturated rings. The van der Waals surface area contributed by atoms with Gasteiger partial charge in [-0.25, -0.2) is 0 Å². The number of hydrogen-bond acceptors (Lipinski definition) is 9. The first kappa shape index (κ1) is 28.5. The fourth-order valence-corrected chi connectivity index (χ4v) is 4.66. The highest BCUT2D eigenvalue weighted by Crippen LogP contribution is 2.38. The molecule has 2 aliphatic rings. The molecule has 1 aromatic rings. The van der Waals surface area contributed by atoms with Crippen molar-refractivity contribution in [2.75, 3.05) is 93.5 Å². The number of rotatable bonds is 12. The molecule has 2 aliphatic heterocycles. The van der Waals surface area contributed by atoms with E-state index in [2.05, 4.69) is 23.6 Å². The molecule has 2 saturated heterocycles. The molecule has 0 radical (unpaired) electrons. The summed E-state index contributed by atoms with van der Waals surface area (Å²) >= 11 is 0. The summed E-state index contributed by atoms with van der Waals surface area (Å²) in [6.07, 6.45) is -0.410. The lowest BCUT2D eigenvalue weighted by molar-refractivity contribution is -0.0644. The van der Waals surface area contributed by atoms with Crippen LogP contribution < -0.4 is 14.2 Å². The van der Waals surface area contributed by atoms with Crippen molar-refractivity contribution in [1.82, 2.24) is 14.7 Å². The van der Waals surface area contributed by atoms with Gasteiger partial charge in [0.2, 0.25) is 5.75 Å². The van der Waals surface area contributed by atoms with Crippen LogP contribution in [0.15, 0.2) is 12.1 Å². The number of aliphatic hydroxyl groups is 1. The van der Waals surface area contributed by atoms with Gasteiger partial charge in [-0.05, 0) is 18.1 Å². The number of β-amino-alcohol motifs (C(OH)–C–C–N with tert-alkyl or cyclic N) is 1. The number of aliphatic hydroxyl groups excluding tert-OH is 1. The monoisotopic (exact) mass is 509 g/mol. The second kappa shape index (κ2) is 14.0. The van der Waals surface area contributed by atoms with Gasteiger partial charge in [0.15, 0.2) is 11.5 Å². The maximum absolute atomic E-state index is 13.2. The van der Waals surface area contributed by atoms with Crippen molar-refractivity contribution < 1.29 is 33.6 Å². The van der Waals surface area contributed by atoms with Crippen molar-refractivity contribution >= 4 is 5.91 Å². The smallest absolute Gasteiger partial charge is 0.254 e. The van der Waals surface area contributed by atoms with Crippen LogP contribution in [0.4, 0.5) is 0 Å². The van der Waals surface area contributed by atoms with Gasteiger partial charge in [-0.1, -0.05) is 13.8 Å². The van der Waals surface area contributed by atoms with E-state index in [0.29, 0.717) is 68.2 Å². The van der Waals surface area contributed by atoms with E-state index in [4.69, 9.17) is 23.7 Å². The minimum atomic E-state index is -0.493. The summed E-state index contributed by atoms with van der Waals surface area (Å²) in [5.41, 5.74) is 0.514. The summed E-state index contributed by atoms with van der Waals surface area (Å²) in [6.45, 7) is 11.7. The second-order valence-corrected chi connectivity index (χ2v) is 9.84. The topological polar surface area (TPSA) is 93.2 Å². The summed E-state index contributed by atoms with van der Waals surface area (Å²) in [5, 5.41) is 10.3. The summed E-state index contributed by atoms with van der Waals surface area (Å²) in [5.74, 6) is 1.81. The third-order valence-electron chi connectivity index (χ3n) is 6.49.